The van der Waals surface area contributed by atoms with Crippen LogP contribution in [0.15, 0.2) is 18.2 Å². The second-order valence-corrected chi connectivity index (χ2v) is 4.13. The number of hydrogen-bond acceptors (Lipinski definition) is 5. The number of nitro groups is 1. The van der Waals surface area contributed by atoms with Crippen molar-refractivity contribution in [3.05, 3.63) is 33.9 Å². The largest absolute Gasteiger partial charge is 0.490 e. The summed E-state index contributed by atoms with van der Waals surface area (Å²) < 4.78 is 4.94. The van der Waals surface area contributed by atoms with E-state index in [0.29, 0.717) is 6.42 Å². The van der Waals surface area contributed by atoms with Crippen molar-refractivity contribution in [3.63, 3.8) is 0 Å². The minimum atomic E-state index is -0.656. The third-order valence-electron chi connectivity index (χ3n) is 2.82. The molecule has 7 nitrogen and oxygen atoms in total. The minimum Gasteiger partial charge on any atom is -0.490 e. The Morgan fingerprint density at radius 2 is 2.10 bits per heavy atom. The van der Waals surface area contributed by atoms with Crippen molar-refractivity contribution in [2.75, 3.05) is 7.11 Å². The summed E-state index contributed by atoms with van der Waals surface area (Å²) >= 11 is 0. The molecular formula is C13H16N2O5. The Balaban J connectivity index is 3.07. The maximum atomic E-state index is 12.1. The van der Waals surface area contributed by atoms with Crippen LogP contribution in [0, 0.1) is 10.1 Å². The van der Waals surface area contributed by atoms with Gasteiger partial charge >= 0.3 is 5.69 Å². The van der Waals surface area contributed by atoms with Gasteiger partial charge in [-0.25, -0.2) is 0 Å². The highest BCUT2D eigenvalue weighted by Gasteiger charge is 2.24. The quantitative estimate of drug-likeness (QED) is 0.631. The van der Waals surface area contributed by atoms with E-state index in [1.807, 2.05) is 0 Å². The van der Waals surface area contributed by atoms with Crippen LogP contribution in [0.4, 0.5) is 5.69 Å². The zero-order valence-electron chi connectivity index (χ0n) is 11.5. The molecule has 1 aromatic rings. The Morgan fingerprint density at radius 1 is 1.45 bits per heavy atom. The van der Waals surface area contributed by atoms with Crippen LogP contribution in [0.2, 0.25) is 0 Å². The van der Waals surface area contributed by atoms with Gasteiger partial charge in [0.05, 0.1) is 23.6 Å². The molecule has 0 spiro atoms. The number of ether oxygens (including phenoxy) is 1. The fourth-order valence-electron chi connectivity index (χ4n) is 1.72. The van der Waals surface area contributed by atoms with E-state index in [9.17, 15) is 19.7 Å². The second kappa shape index (κ2) is 6.65. The fraction of sp³-hybridized carbons (Fsp3) is 0.385. The van der Waals surface area contributed by atoms with E-state index >= 15 is 0 Å². The molecule has 1 unspecified atom stereocenters. The smallest absolute Gasteiger partial charge is 0.311 e. The topological polar surface area (TPSA) is 98.5 Å². The first-order chi connectivity index (χ1) is 9.42. The summed E-state index contributed by atoms with van der Waals surface area (Å²) in [5.41, 5.74) is -0.271. The predicted octanol–water partition coefficient (Wildman–Crippen LogP) is 1.70. The number of hydrogen-bond donors (Lipinski definition) is 1. The number of carbonyl (C=O) groups excluding carboxylic acids is 2. The molecule has 1 atom stereocenters. The molecule has 0 aromatic heterocycles. The van der Waals surface area contributed by atoms with Gasteiger partial charge in [-0.15, -0.1) is 0 Å². The van der Waals surface area contributed by atoms with Gasteiger partial charge in [0.25, 0.3) is 5.91 Å². The van der Waals surface area contributed by atoms with Crippen molar-refractivity contribution in [2.24, 2.45) is 0 Å². The molecule has 1 rings (SSSR count). The lowest BCUT2D eigenvalue weighted by molar-refractivity contribution is -0.385. The molecule has 0 aliphatic rings. The van der Waals surface area contributed by atoms with E-state index in [1.165, 1.54) is 25.3 Å². The molecule has 108 valence electrons. The molecule has 20 heavy (non-hydrogen) atoms. The molecule has 0 saturated heterocycles. The van der Waals surface area contributed by atoms with Gasteiger partial charge in [-0.1, -0.05) is 13.0 Å². The highest BCUT2D eigenvalue weighted by molar-refractivity contribution is 6.00. The van der Waals surface area contributed by atoms with Crippen LogP contribution in [0.1, 0.15) is 30.6 Å². The van der Waals surface area contributed by atoms with Crippen molar-refractivity contribution in [3.8, 4) is 5.75 Å². The number of amides is 1. The zero-order valence-corrected chi connectivity index (χ0v) is 11.5. The van der Waals surface area contributed by atoms with Gasteiger partial charge in [0.1, 0.15) is 0 Å². The third-order valence-corrected chi connectivity index (χ3v) is 2.82. The number of Topliss-reactive ketones (excluding diaryl/α,β-unsaturated/α-hetero) is 1. The Kier molecular flexibility index (Phi) is 5.19. The number of benzene rings is 1. The molecule has 0 radical (unpaired) electrons. The van der Waals surface area contributed by atoms with Gasteiger partial charge in [0.15, 0.2) is 5.78 Å². The maximum Gasteiger partial charge on any atom is 0.311 e. The maximum absolute atomic E-state index is 12.1. The lowest BCUT2D eigenvalue weighted by atomic mass is 10.1. The van der Waals surface area contributed by atoms with E-state index in [4.69, 9.17) is 4.74 Å². The average Bonchev–Trinajstić information content (AvgIpc) is 2.44. The van der Waals surface area contributed by atoms with Crippen LogP contribution in [-0.2, 0) is 4.79 Å². The number of carbonyl (C=O) groups is 2. The minimum absolute atomic E-state index is 0.0254. The first-order valence-electron chi connectivity index (χ1n) is 6.07. The summed E-state index contributed by atoms with van der Waals surface area (Å²) in [6.45, 7) is 3.26. The van der Waals surface area contributed by atoms with Gasteiger partial charge in [0.2, 0.25) is 5.75 Å². The summed E-state index contributed by atoms with van der Waals surface area (Å²) in [5.74, 6) is -0.825. The summed E-state index contributed by atoms with van der Waals surface area (Å²) in [4.78, 5) is 33.8. The summed E-state index contributed by atoms with van der Waals surface area (Å²) in [6, 6.07) is 3.39. The number of nitro benzene ring substituents is 1. The normalized spacial score (nSPS) is 11.6. The van der Waals surface area contributed by atoms with Crippen LogP contribution < -0.4 is 10.1 Å². The Bertz CT molecular complexity index is 542. The monoisotopic (exact) mass is 280 g/mol. The number of nitrogens with one attached hydrogen (secondary N) is 1. The molecule has 7 heteroatoms. The van der Waals surface area contributed by atoms with Crippen LogP contribution in [0.5, 0.6) is 5.75 Å². The van der Waals surface area contributed by atoms with Gasteiger partial charge in [0, 0.05) is 12.5 Å². The molecule has 0 aliphatic carbocycles. The molecule has 1 amide bonds. The molecule has 0 saturated carbocycles. The number of nitrogens with zero attached hydrogens (tertiary/aromatic N) is 1. The molecule has 0 bridgehead atoms. The standard InChI is InChI=1S/C13H16N2O5/c1-4-11(16)8(2)14-13(17)9-6-5-7-10(15(18)19)12(9)20-3/h5-8H,4H2,1-3H3,(H,14,17). The van der Waals surface area contributed by atoms with Crippen LogP contribution >= 0.6 is 0 Å². The van der Waals surface area contributed by atoms with E-state index < -0.39 is 16.9 Å². The lowest BCUT2D eigenvalue weighted by Crippen LogP contribution is -2.38. The molecule has 1 N–H and O–H groups in total. The molecule has 0 heterocycles. The van der Waals surface area contributed by atoms with Crippen molar-refractivity contribution in [2.45, 2.75) is 26.3 Å². The van der Waals surface area contributed by atoms with Crippen LogP contribution in [0.3, 0.4) is 0 Å². The van der Waals surface area contributed by atoms with E-state index in [0.717, 1.165) is 0 Å². The Labute approximate surface area is 116 Å². The van der Waals surface area contributed by atoms with Crippen molar-refractivity contribution in [1.29, 1.82) is 0 Å². The van der Waals surface area contributed by atoms with Crippen molar-refractivity contribution < 1.29 is 19.2 Å². The average molecular weight is 280 g/mol. The first-order valence-corrected chi connectivity index (χ1v) is 6.07. The summed E-state index contributed by atoms with van der Waals surface area (Å²) in [7, 11) is 1.25. The van der Waals surface area contributed by atoms with Crippen molar-refractivity contribution >= 4 is 17.4 Å². The first kappa shape index (κ1) is 15.6. The SMILES string of the molecule is CCC(=O)C(C)NC(=O)c1cccc([N+](=O)[O-])c1OC. The summed E-state index contributed by atoms with van der Waals surface area (Å²) in [5, 5.41) is 13.4. The fourth-order valence-corrected chi connectivity index (χ4v) is 1.72. The number of rotatable bonds is 6. The molecule has 0 aliphatic heterocycles. The predicted molar refractivity (Wildman–Crippen MR) is 71.9 cm³/mol. The van der Waals surface area contributed by atoms with Gasteiger partial charge in [-0.05, 0) is 13.0 Å². The van der Waals surface area contributed by atoms with Gasteiger partial charge in [-0.3, -0.25) is 19.7 Å². The molecular weight excluding hydrogens is 264 g/mol. The zero-order chi connectivity index (χ0) is 15.3. The van der Waals surface area contributed by atoms with Crippen LogP contribution in [0.25, 0.3) is 0 Å². The molecule has 1 aromatic carbocycles. The number of para-hydroxylation sites is 1. The van der Waals surface area contributed by atoms with Gasteiger partial charge in [-0.2, -0.15) is 0 Å². The number of methoxy groups -OCH3 is 1. The van der Waals surface area contributed by atoms with E-state index in [1.54, 1.807) is 13.8 Å². The van der Waals surface area contributed by atoms with Crippen LogP contribution in [-0.4, -0.2) is 29.8 Å². The van der Waals surface area contributed by atoms with Gasteiger partial charge < -0.3 is 10.1 Å². The van der Waals surface area contributed by atoms with Crippen molar-refractivity contribution in [1.82, 2.24) is 5.32 Å². The molecule has 0 fully saturated rings. The second-order valence-electron chi connectivity index (χ2n) is 4.13. The van der Waals surface area contributed by atoms with E-state index in [-0.39, 0.29) is 22.8 Å². The Hall–Kier alpha value is -2.44. The number of ketones is 1. The highest BCUT2D eigenvalue weighted by Crippen LogP contribution is 2.30. The Morgan fingerprint density at radius 3 is 2.60 bits per heavy atom. The van der Waals surface area contributed by atoms with E-state index in [2.05, 4.69) is 5.32 Å². The third kappa shape index (κ3) is 3.31. The highest BCUT2D eigenvalue weighted by atomic mass is 16.6. The summed E-state index contributed by atoms with van der Waals surface area (Å²) in [6.07, 6.45) is 0.299. The lowest BCUT2D eigenvalue weighted by Gasteiger charge is -2.13.